The molecule has 1 amide bonds. The number of ether oxygens (including phenoxy) is 1. The first-order valence-corrected chi connectivity index (χ1v) is 9.23. The van der Waals surface area contributed by atoms with E-state index in [1.54, 1.807) is 23.5 Å². The summed E-state index contributed by atoms with van der Waals surface area (Å²) in [5.74, 6) is 0.431. The van der Waals surface area contributed by atoms with Gasteiger partial charge in [-0.25, -0.2) is 0 Å². The van der Waals surface area contributed by atoms with Crippen LogP contribution in [0.3, 0.4) is 0 Å². The van der Waals surface area contributed by atoms with E-state index < -0.39 is 0 Å². The van der Waals surface area contributed by atoms with Crippen LogP contribution < -0.4 is 15.4 Å². The molecule has 0 radical (unpaired) electrons. The average molecular weight is 359 g/mol. The summed E-state index contributed by atoms with van der Waals surface area (Å²) >= 11 is 1.67. The highest BCUT2D eigenvalue weighted by Crippen LogP contribution is 2.41. The van der Waals surface area contributed by atoms with E-state index >= 15 is 0 Å². The summed E-state index contributed by atoms with van der Waals surface area (Å²) in [4.78, 5) is 16.4. The molecular weight excluding hydrogens is 338 g/mol. The second-order valence-electron chi connectivity index (χ2n) is 6.31. The molecule has 1 aromatic carbocycles. The Hall–Kier alpha value is -2.25. The third-order valence-electron chi connectivity index (χ3n) is 4.90. The molecule has 25 heavy (non-hydrogen) atoms. The Labute approximate surface area is 150 Å². The number of anilines is 1. The first-order valence-electron chi connectivity index (χ1n) is 8.42. The van der Waals surface area contributed by atoms with Gasteiger partial charge in [-0.3, -0.25) is 9.69 Å². The molecular formula is C18H21N3O3S. The minimum Gasteiger partial charge on any atom is -0.504 e. The van der Waals surface area contributed by atoms with Crippen LogP contribution in [0.1, 0.15) is 39.5 Å². The number of likely N-dealkylation sites (N-methyl/N-ethyl adjacent to an activating group) is 1. The van der Waals surface area contributed by atoms with E-state index in [4.69, 9.17) is 4.74 Å². The highest BCUT2D eigenvalue weighted by Gasteiger charge is 2.33. The van der Waals surface area contributed by atoms with Crippen LogP contribution in [-0.2, 0) is 13.0 Å². The molecule has 1 atom stereocenters. The molecule has 4 rings (SSSR count). The number of hydrogen-bond donors (Lipinski definition) is 3. The lowest BCUT2D eigenvalue weighted by atomic mass is 10.0. The van der Waals surface area contributed by atoms with Gasteiger partial charge in [0, 0.05) is 18.0 Å². The number of aromatic hydroxyl groups is 1. The molecule has 132 valence electrons. The SMILES string of the molecule is CCN1CCc2c(sc3c2C(=O)N[C@H](c2ccc(OC)c(O)c2)N3)C1. The maximum atomic E-state index is 12.7. The van der Waals surface area contributed by atoms with Crippen molar-refractivity contribution >= 4 is 22.2 Å². The summed E-state index contributed by atoms with van der Waals surface area (Å²) in [6, 6.07) is 5.16. The first-order chi connectivity index (χ1) is 12.1. The molecule has 2 aliphatic heterocycles. The number of fused-ring (bicyclic) bond motifs is 3. The van der Waals surface area contributed by atoms with Crippen LogP contribution >= 0.6 is 11.3 Å². The molecule has 6 nitrogen and oxygen atoms in total. The molecule has 3 heterocycles. The Balaban J connectivity index is 1.65. The van der Waals surface area contributed by atoms with E-state index in [9.17, 15) is 9.90 Å². The van der Waals surface area contributed by atoms with Crippen molar-refractivity contribution in [2.45, 2.75) is 26.1 Å². The summed E-state index contributed by atoms with van der Waals surface area (Å²) in [5.41, 5.74) is 2.77. The minimum absolute atomic E-state index is 0.0449. The van der Waals surface area contributed by atoms with Gasteiger partial charge in [0.25, 0.3) is 5.91 Å². The molecule has 0 unspecified atom stereocenters. The van der Waals surface area contributed by atoms with Crippen LogP contribution in [0.4, 0.5) is 5.00 Å². The predicted octanol–water partition coefficient (Wildman–Crippen LogP) is 2.69. The molecule has 0 saturated carbocycles. The zero-order valence-corrected chi connectivity index (χ0v) is 15.1. The van der Waals surface area contributed by atoms with Crippen molar-refractivity contribution in [2.75, 3.05) is 25.5 Å². The van der Waals surface area contributed by atoms with Gasteiger partial charge in [0.1, 0.15) is 11.2 Å². The maximum Gasteiger partial charge on any atom is 0.256 e. The van der Waals surface area contributed by atoms with Crippen LogP contribution in [0, 0.1) is 0 Å². The van der Waals surface area contributed by atoms with Crippen LogP contribution in [0.15, 0.2) is 18.2 Å². The number of hydrogen-bond acceptors (Lipinski definition) is 6. The van der Waals surface area contributed by atoms with Crippen molar-refractivity contribution in [2.24, 2.45) is 0 Å². The smallest absolute Gasteiger partial charge is 0.256 e. The fourth-order valence-corrected chi connectivity index (χ4v) is 4.81. The highest BCUT2D eigenvalue weighted by atomic mass is 32.1. The fraction of sp³-hybridized carbons (Fsp3) is 0.389. The Morgan fingerprint density at radius 1 is 1.40 bits per heavy atom. The van der Waals surface area contributed by atoms with Gasteiger partial charge in [-0.1, -0.05) is 13.0 Å². The van der Waals surface area contributed by atoms with E-state index in [1.165, 1.54) is 17.6 Å². The first kappa shape index (κ1) is 16.2. The maximum absolute atomic E-state index is 12.7. The molecule has 0 fully saturated rings. The molecule has 0 bridgehead atoms. The molecule has 2 aliphatic rings. The summed E-state index contributed by atoms with van der Waals surface area (Å²) < 4.78 is 5.08. The van der Waals surface area contributed by atoms with Crippen molar-refractivity contribution in [1.29, 1.82) is 0 Å². The van der Waals surface area contributed by atoms with E-state index in [-0.39, 0.29) is 17.8 Å². The highest BCUT2D eigenvalue weighted by molar-refractivity contribution is 7.16. The molecule has 7 heteroatoms. The number of phenolic OH excluding ortho intramolecular Hbond substituents is 1. The number of benzene rings is 1. The topological polar surface area (TPSA) is 73.8 Å². The third kappa shape index (κ3) is 2.73. The number of carbonyl (C=O) groups excluding carboxylic acids is 1. The lowest BCUT2D eigenvalue weighted by molar-refractivity contribution is 0.0934. The van der Waals surface area contributed by atoms with Gasteiger partial charge in [-0.15, -0.1) is 11.3 Å². The normalized spacial score (nSPS) is 19.6. The van der Waals surface area contributed by atoms with E-state index in [0.29, 0.717) is 5.75 Å². The van der Waals surface area contributed by atoms with Gasteiger partial charge in [0.05, 0.1) is 12.7 Å². The number of phenols is 1. The van der Waals surface area contributed by atoms with E-state index in [0.717, 1.165) is 42.2 Å². The van der Waals surface area contributed by atoms with Crippen LogP contribution in [0.5, 0.6) is 11.5 Å². The Morgan fingerprint density at radius 2 is 2.24 bits per heavy atom. The number of nitrogens with zero attached hydrogens (tertiary/aromatic N) is 1. The standard InChI is InChI=1S/C18H21N3O3S/c1-3-21-7-6-11-14(9-21)25-18-15(11)17(23)19-16(20-18)10-4-5-13(24-2)12(22)8-10/h4-5,8,16,20,22H,3,6-7,9H2,1-2H3,(H,19,23)/t16-/m0/s1. The van der Waals surface area contributed by atoms with Crippen molar-refractivity contribution in [1.82, 2.24) is 10.2 Å². The molecule has 0 saturated heterocycles. The number of carbonyl (C=O) groups is 1. The summed E-state index contributed by atoms with van der Waals surface area (Å²) in [7, 11) is 1.51. The summed E-state index contributed by atoms with van der Waals surface area (Å²) in [5, 5.41) is 17.3. The Morgan fingerprint density at radius 3 is 2.96 bits per heavy atom. The molecule has 3 N–H and O–H groups in total. The molecule has 0 spiro atoms. The fourth-order valence-electron chi connectivity index (χ4n) is 3.49. The van der Waals surface area contributed by atoms with Crippen LogP contribution in [0.2, 0.25) is 0 Å². The quantitative estimate of drug-likeness (QED) is 0.786. The van der Waals surface area contributed by atoms with Gasteiger partial charge in [-0.05, 0) is 36.2 Å². The third-order valence-corrected chi connectivity index (χ3v) is 6.05. The number of rotatable bonds is 3. The van der Waals surface area contributed by atoms with E-state index in [1.807, 2.05) is 6.07 Å². The Kier molecular flexibility index (Phi) is 4.05. The lowest BCUT2D eigenvalue weighted by Crippen LogP contribution is -2.38. The largest absolute Gasteiger partial charge is 0.504 e. The number of amides is 1. The number of methoxy groups -OCH3 is 1. The molecule has 1 aromatic heterocycles. The van der Waals surface area contributed by atoms with Crippen molar-refractivity contribution in [3.8, 4) is 11.5 Å². The number of thiophene rings is 1. The van der Waals surface area contributed by atoms with Crippen molar-refractivity contribution < 1.29 is 14.6 Å². The Bertz CT molecular complexity index is 833. The second kappa shape index (κ2) is 6.24. The van der Waals surface area contributed by atoms with Gasteiger partial charge >= 0.3 is 0 Å². The monoisotopic (exact) mass is 359 g/mol. The van der Waals surface area contributed by atoms with Crippen molar-refractivity contribution in [3.63, 3.8) is 0 Å². The van der Waals surface area contributed by atoms with E-state index in [2.05, 4.69) is 22.5 Å². The zero-order chi connectivity index (χ0) is 17.6. The van der Waals surface area contributed by atoms with Crippen molar-refractivity contribution in [3.05, 3.63) is 39.8 Å². The van der Waals surface area contributed by atoms with Gasteiger partial charge < -0.3 is 20.5 Å². The average Bonchev–Trinajstić information content (AvgIpc) is 2.99. The predicted molar refractivity (Wildman–Crippen MR) is 97.5 cm³/mol. The second-order valence-corrected chi connectivity index (χ2v) is 7.41. The lowest BCUT2D eigenvalue weighted by Gasteiger charge is -2.28. The summed E-state index contributed by atoms with van der Waals surface area (Å²) in [6.07, 6.45) is 0.553. The minimum atomic E-state index is -0.362. The van der Waals surface area contributed by atoms with Gasteiger partial charge in [0.2, 0.25) is 0 Å². The zero-order valence-electron chi connectivity index (χ0n) is 14.3. The van der Waals surface area contributed by atoms with Gasteiger partial charge in [-0.2, -0.15) is 0 Å². The number of nitrogens with one attached hydrogen (secondary N) is 2. The summed E-state index contributed by atoms with van der Waals surface area (Å²) in [6.45, 7) is 5.09. The van der Waals surface area contributed by atoms with Crippen LogP contribution in [0.25, 0.3) is 0 Å². The molecule has 0 aliphatic carbocycles. The van der Waals surface area contributed by atoms with Crippen LogP contribution in [-0.4, -0.2) is 36.1 Å². The molecule has 2 aromatic rings. The van der Waals surface area contributed by atoms with Gasteiger partial charge in [0.15, 0.2) is 11.5 Å².